The van der Waals surface area contributed by atoms with Crippen molar-refractivity contribution in [1.29, 1.82) is 0 Å². The number of amides is 1. The van der Waals surface area contributed by atoms with E-state index in [1.807, 2.05) is 25.7 Å². The van der Waals surface area contributed by atoms with Crippen LogP contribution in [0.15, 0.2) is 5.16 Å². The first-order valence-corrected chi connectivity index (χ1v) is 10.4. The van der Waals surface area contributed by atoms with Crippen LogP contribution in [0.4, 0.5) is 4.79 Å². The van der Waals surface area contributed by atoms with Crippen LogP contribution in [-0.2, 0) is 9.57 Å². The molecule has 6 heteroatoms. The fourth-order valence-corrected chi connectivity index (χ4v) is 4.04. The second kappa shape index (κ2) is 10.8. The van der Waals surface area contributed by atoms with Crippen molar-refractivity contribution in [1.82, 2.24) is 9.80 Å². The number of nitrogens with zero attached hydrogens (tertiary/aromatic N) is 3. The molecule has 0 aromatic carbocycles. The minimum absolute atomic E-state index is 0.143. The summed E-state index contributed by atoms with van der Waals surface area (Å²) < 4.78 is 5.16. The lowest BCUT2D eigenvalue weighted by molar-refractivity contribution is 0.0817. The molecule has 0 spiro atoms. The van der Waals surface area contributed by atoms with Gasteiger partial charge in [0.1, 0.15) is 6.10 Å². The van der Waals surface area contributed by atoms with Gasteiger partial charge in [-0.1, -0.05) is 12.1 Å². The van der Waals surface area contributed by atoms with Gasteiger partial charge in [0.2, 0.25) is 0 Å². The van der Waals surface area contributed by atoms with Crippen LogP contribution >= 0.6 is 0 Å². The molecule has 0 bridgehead atoms. The van der Waals surface area contributed by atoms with E-state index >= 15 is 0 Å². The number of oxime groups is 1. The molecule has 2 saturated heterocycles. The Morgan fingerprint density at radius 2 is 1.81 bits per heavy atom. The van der Waals surface area contributed by atoms with Gasteiger partial charge in [-0.2, -0.15) is 0 Å². The van der Waals surface area contributed by atoms with E-state index in [0.717, 1.165) is 58.3 Å². The smallest absolute Gasteiger partial charge is 0.409 e. The van der Waals surface area contributed by atoms with Gasteiger partial charge in [0, 0.05) is 25.0 Å². The van der Waals surface area contributed by atoms with Gasteiger partial charge >= 0.3 is 6.09 Å². The average molecular weight is 368 g/mol. The van der Waals surface area contributed by atoms with Crippen molar-refractivity contribution < 1.29 is 14.4 Å². The minimum Gasteiger partial charge on any atom is -0.450 e. The zero-order chi connectivity index (χ0) is 18.9. The average Bonchev–Trinajstić information content (AvgIpc) is 2.89. The highest BCUT2D eigenvalue weighted by molar-refractivity contribution is 5.86. The number of carbonyl (C=O) groups excluding carboxylic acids is 1. The highest BCUT2D eigenvalue weighted by Gasteiger charge is 2.29. The van der Waals surface area contributed by atoms with Crippen molar-refractivity contribution >= 4 is 11.8 Å². The molecule has 26 heavy (non-hydrogen) atoms. The van der Waals surface area contributed by atoms with Gasteiger partial charge in [-0.15, -0.1) is 0 Å². The van der Waals surface area contributed by atoms with Crippen LogP contribution in [0.3, 0.4) is 0 Å². The van der Waals surface area contributed by atoms with Crippen LogP contribution in [0.5, 0.6) is 0 Å². The molecular formula is C20H37N3O3. The molecule has 0 aliphatic carbocycles. The van der Waals surface area contributed by atoms with E-state index < -0.39 is 0 Å². The van der Waals surface area contributed by atoms with E-state index in [4.69, 9.17) is 9.57 Å². The second-order valence-corrected chi connectivity index (χ2v) is 7.67. The Kier molecular flexibility index (Phi) is 8.69. The number of hydrogen-bond donors (Lipinski definition) is 0. The minimum atomic E-state index is -0.152. The molecule has 2 aliphatic rings. The van der Waals surface area contributed by atoms with E-state index in [0.29, 0.717) is 18.6 Å². The molecule has 2 heterocycles. The summed E-state index contributed by atoms with van der Waals surface area (Å²) in [4.78, 5) is 21.9. The summed E-state index contributed by atoms with van der Waals surface area (Å²) in [6.07, 6.45) is 6.56. The topological polar surface area (TPSA) is 54.4 Å². The van der Waals surface area contributed by atoms with Crippen LogP contribution in [0.25, 0.3) is 0 Å². The fourth-order valence-electron chi connectivity index (χ4n) is 4.04. The van der Waals surface area contributed by atoms with E-state index in [1.165, 1.54) is 12.1 Å². The Morgan fingerprint density at radius 1 is 1.08 bits per heavy atom. The zero-order valence-electron chi connectivity index (χ0n) is 17.1. The third kappa shape index (κ3) is 6.15. The standard InChI is InChI=1S/C20H37N3O3/c1-5-19(21-26-16(3)4)17-9-13-22(14-10-17)18-8-7-12-23(15-11-18)20(24)25-6-2/h16-18H,5-15H2,1-4H3/b21-19+. The Balaban J connectivity index is 1.82. The molecule has 0 N–H and O–H groups in total. The van der Waals surface area contributed by atoms with Crippen molar-refractivity contribution in [2.45, 2.75) is 78.4 Å². The van der Waals surface area contributed by atoms with Gasteiger partial charge in [0.15, 0.2) is 0 Å². The molecule has 0 aromatic rings. The molecule has 0 radical (unpaired) electrons. The third-order valence-electron chi connectivity index (χ3n) is 5.48. The summed E-state index contributed by atoms with van der Waals surface area (Å²) >= 11 is 0. The summed E-state index contributed by atoms with van der Waals surface area (Å²) in [5.74, 6) is 0.553. The lowest BCUT2D eigenvalue weighted by Crippen LogP contribution is -2.43. The van der Waals surface area contributed by atoms with Gasteiger partial charge in [-0.25, -0.2) is 4.79 Å². The first-order chi connectivity index (χ1) is 12.5. The molecule has 1 amide bonds. The highest BCUT2D eigenvalue weighted by atomic mass is 16.6. The van der Waals surface area contributed by atoms with Gasteiger partial charge in [-0.05, 0) is 72.4 Å². The second-order valence-electron chi connectivity index (χ2n) is 7.67. The van der Waals surface area contributed by atoms with E-state index in [1.54, 1.807) is 0 Å². The number of ether oxygens (including phenoxy) is 1. The van der Waals surface area contributed by atoms with E-state index in [9.17, 15) is 4.79 Å². The molecule has 150 valence electrons. The number of hydrogen-bond acceptors (Lipinski definition) is 5. The summed E-state index contributed by atoms with van der Waals surface area (Å²) in [5, 5.41) is 4.40. The molecule has 2 aliphatic heterocycles. The van der Waals surface area contributed by atoms with Crippen LogP contribution in [-0.4, -0.2) is 66.5 Å². The summed E-state index contributed by atoms with van der Waals surface area (Å²) in [6.45, 7) is 12.4. The Hall–Kier alpha value is -1.30. The lowest BCUT2D eigenvalue weighted by atomic mass is 9.89. The van der Waals surface area contributed by atoms with Crippen molar-refractivity contribution in [3.05, 3.63) is 0 Å². The van der Waals surface area contributed by atoms with E-state index in [2.05, 4.69) is 17.0 Å². The van der Waals surface area contributed by atoms with Crippen molar-refractivity contribution in [3.63, 3.8) is 0 Å². The first kappa shape index (κ1) is 21.0. The normalized spacial score (nSPS) is 23.8. The van der Waals surface area contributed by atoms with E-state index in [-0.39, 0.29) is 12.2 Å². The number of rotatable bonds is 6. The molecule has 0 saturated carbocycles. The van der Waals surface area contributed by atoms with Crippen molar-refractivity contribution in [2.75, 3.05) is 32.8 Å². The Labute approximate surface area is 158 Å². The predicted molar refractivity (Wildman–Crippen MR) is 104 cm³/mol. The zero-order valence-corrected chi connectivity index (χ0v) is 17.1. The summed E-state index contributed by atoms with van der Waals surface area (Å²) in [5.41, 5.74) is 1.22. The number of likely N-dealkylation sites (tertiary alicyclic amines) is 2. The van der Waals surface area contributed by atoms with Crippen LogP contribution in [0, 0.1) is 5.92 Å². The van der Waals surface area contributed by atoms with Gasteiger partial charge in [-0.3, -0.25) is 0 Å². The molecule has 2 fully saturated rings. The van der Waals surface area contributed by atoms with Crippen molar-refractivity contribution in [2.24, 2.45) is 11.1 Å². The monoisotopic (exact) mass is 367 g/mol. The van der Waals surface area contributed by atoms with Crippen LogP contribution < -0.4 is 0 Å². The highest BCUT2D eigenvalue weighted by Crippen LogP contribution is 2.26. The molecule has 6 nitrogen and oxygen atoms in total. The molecule has 0 aromatic heterocycles. The molecular weight excluding hydrogens is 330 g/mol. The molecule has 1 atom stereocenters. The summed E-state index contributed by atoms with van der Waals surface area (Å²) in [7, 11) is 0. The molecule has 2 rings (SSSR count). The van der Waals surface area contributed by atoms with Gasteiger partial charge in [0.25, 0.3) is 0 Å². The molecule has 1 unspecified atom stereocenters. The fraction of sp³-hybridized carbons (Fsp3) is 0.900. The maximum atomic E-state index is 12.0. The van der Waals surface area contributed by atoms with Crippen LogP contribution in [0.1, 0.15) is 66.2 Å². The lowest BCUT2D eigenvalue weighted by Gasteiger charge is -2.37. The number of carbonyl (C=O) groups is 1. The summed E-state index contributed by atoms with van der Waals surface area (Å²) in [6, 6.07) is 0.587. The quantitative estimate of drug-likeness (QED) is 0.528. The van der Waals surface area contributed by atoms with Gasteiger partial charge < -0.3 is 19.4 Å². The Morgan fingerprint density at radius 3 is 2.42 bits per heavy atom. The van der Waals surface area contributed by atoms with Crippen molar-refractivity contribution in [3.8, 4) is 0 Å². The largest absolute Gasteiger partial charge is 0.450 e. The van der Waals surface area contributed by atoms with Crippen LogP contribution in [0.2, 0.25) is 0 Å². The maximum absolute atomic E-state index is 12.0. The predicted octanol–water partition coefficient (Wildman–Crippen LogP) is 3.90. The Bertz CT molecular complexity index is 459. The van der Waals surface area contributed by atoms with Gasteiger partial charge in [0.05, 0.1) is 12.3 Å². The first-order valence-electron chi connectivity index (χ1n) is 10.4. The third-order valence-corrected chi connectivity index (χ3v) is 5.48. The maximum Gasteiger partial charge on any atom is 0.409 e. The SMILES string of the molecule is CCOC(=O)N1CCCC(N2CCC(/C(CC)=N/OC(C)C)CC2)CC1. The number of piperidine rings is 1.